The van der Waals surface area contributed by atoms with E-state index in [9.17, 15) is 9.18 Å². The molecule has 86 valence electrons. The fraction of sp³-hybridized carbons (Fsp3) is 0.462. The van der Waals surface area contributed by atoms with Gasteiger partial charge in [-0.25, -0.2) is 4.39 Å². The molecule has 3 heteroatoms. The molecule has 0 amide bonds. The number of halogens is 1. The van der Waals surface area contributed by atoms with Crippen LogP contribution in [-0.2, 0) is 10.2 Å². The molecule has 2 nitrogen and oxygen atoms in total. The predicted octanol–water partition coefficient (Wildman–Crippen LogP) is 3.07. The Bertz CT molecular complexity index is 434. The third-order valence-corrected chi connectivity index (χ3v) is 3.33. The van der Waals surface area contributed by atoms with Crippen molar-refractivity contribution >= 4 is 5.97 Å². The Morgan fingerprint density at radius 3 is 2.50 bits per heavy atom. The van der Waals surface area contributed by atoms with Crippen LogP contribution in [0.5, 0.6) is 0 Å². The van der Waals surface area contributed by atoms with Gasteiger partial charge in [-0.2, -0.15) is 0 Å². The number of carboxylic acids is 1. The van der Waals surface area contributed by atoms with Crippen molar-refractivity contribution in [2.75, 3.05) is 0 Å². The van der Waals surface area contributed by atoms with Gasteiger partial charge >= 0.3 is 5.97 Å². The van der Waals surface area contributed by atoms with E-state index >= 15 is 0 Å². The molecule has 0 aromatic heterocycles. The third-order valence-electron chi connectivity index (χ3n) is 3.33. The van der Waals surface area contributed by atoms with Gasteiger partial charge in [0.1, 0.15) is 5.82 Å². The van der Waals surface area contributed by atoms with E-state index in [4.69, 9.17) is 5.11 Å². The Morgan fingerprint density at radius 1 is 1.44 bits per heavy atom. The van der Waals surface area contributed by atoms with E-state index in [0.29, 0.717) is 18.4 Å². The monoisotopic (exact) mass is 222 g/mol. The fourth-order valence-electron chi connectivity index (χ4n) is 1.99. The number of rotatable bonds is 3. The number of hydrogen-bond donors (Lipinski definition) is 1. The van der Waals surface area contributed by atoms with Crippen LogP contribution >= 0.6 is 0 Å². The van der Waals surface area contributed by atoms with E-state index in [1.807, 2.05) is 13.8 Å². The topological polar surface area (TPSA) is 37.3 Å². The highest BCUT2D eigenvalue weighted by Gasteiger charge is 2.53. The molecule has 0 radical (unpaired) electrons. The Morgan fingerprint density at radius 2 is 2.06 bits per heavy atom. The summed E-state index contributed by atoms with van der Waals surface area (Å²) in [4.78, 5) is 11.2. The average Bonchev–Trinajstić information content (AvgIpc) is 2.98. The lowest BCUT2D eigenvalue weighted by Gasteiger charge is -2.14. The lowest BCUT2D eigenvalue weighted by molar-refractivity contribution is -0.140. The fourth-order valence-corrected chi connectivity index (χ4v) is 1.99. The maximum Gasteiger partial charge on any atom is 0.314 e. The van der Waals surface area contributed by atoms with E-state index in [2.05, 4.69) is 0 Å². The average molecular weight is 222 g/mol. The third kappa shape index (κ3) is 1.60. The highest BCUT2D eigenvalue weighted by molar-refractivity contribution is 5.85. The molecular weight excluding hydrogens is 207 g/mol. The molecule has 16 heavy (non-hydrogen) atoms. The summed E-state index contributed by atoms with van der Waals surface area (Å²) in [5.74, 6) is -1.03. The van der Waals surface area contributed by atoms with Gasteiger partial charge in [0.25, 0.3) is 0 Å². The minimum absolute atomic E-state index is 0.281. The summed E-state index contributed by atoms with van der Waals surface area (Å²) in [6.45, 7) is 4.02. The first kappa shape index (κ1) is 11.1. The summed E-state index contributed by atoms with van der Waals surface area (Å²) in [5, 5.41) is 9.14. The number of carbonyl (C=O) groups is 1. The van der Waals surface area contributed by atoms with E-state index < -0.39 is 17.2 Å². The molecule has 0 saturated heterocycles. The Labute approximate surface area is 94.1 Å². The van der Waals surface area contributed by atoms with Gasteiger partial charge in [0, 0.05) is 5.56 Å². The van der Waals surface area contributed by atoms with Gasteiger partial charge in [0.05, 0.1) is 5.41 Å². The molecule has 0 bridgehead atoms. The van der Waals surface area contributed by atoms with Crippen molar-refractivity contribution in [2.24, 2.45) is 0 Å². The van der Waals surface area contributed by atoms with Crippen molar-refractivity contribution < 1.29 is 14.3 Å². The van der Waals surface area contributed by atoms with Crippen LogP contribution < -0.4 is 0 Å². The number of benzene rings is 1. The number of aliphatic carboxylic acids is 1. The van der Waals surface area contributed by atoms with Crippen molar-refractivity contribution in [1.29, 1.82) is 0 Å². The maximum atomic E-state index is 13.7. The van der Waals surface area contributed by atoms with Crippen LogP contribution in [0.15, 0.2) is 18.2 Å². The Balaban J connectivity index is 2.48. The molecule has 1 N–H and O–H groups in total. The molecule has 1 aliphatic carbocycles. The smallest absolute Gasteiger partial charge is 0.314 e. The van der Waals surface area contributed by atoms with Crippen LogP contribution in [0.4, 0.5) is 4.39 Å². The predicted molar refractivity (Wildman–Crippen MR) is 59.0 cm³/mol. The minimum atomic E-state index is -0.949. The van der Waals surface area contributed by atoms with Gasteiger partial charge in [0.2, 0.25) is 0 Å². The van der Waals surface area contributed by atoms with Gasteiger partial charge in [-0.3, -0.25) is 4.79 Å². The second-order valence-electron chi connectivity index (χ2n) is 4.78. The highest BCUT2D eigenvalue weighted by atomic mass is 19.1. The second-order valence-corrected chi connectivity index (χ2v) is 4.78. The lowest BCUT2D eigenvalue weighted by atomic mass is 9.91. The van der Waals surface area contributed by atoms with Crippen molar-refractivity contribution in [3.8, 4) is 0 Å². The zero-order valence-electron chi connectivity index (χ0n) is 9.46. The normalized spacial score (nSPS) is 17.5. The van der Waals surface area contributed by atoms with Crippen molar-refractivity contribution in [2.45, 2.75) is 38.0 Å². The molecule has 1 fully saturated rings. The van der Waals surface area contributed by atoms with Crippen LogP contribution in [0.2, 0.25) is 0 Å². The quantitative estimate of drug-likeness (QED) is 0.853. The van der Waals surface area contributed by atoms with Crippen LogP contribution in [0, 0.1) is 5.82 Å². The summed E-state index contributed by atoms with van der Waals surface area (Å²) in [6, 6.07) is 4.82. The SMILES string of the molecule is CC(C)c1ccc(F)c(C2(C(=O)O)CC2)c1. The van der Waals surface area contributed by atoms with Gasteiger partial charge < -0.3 is 5.11 Å². The molecule has 0 spiro atoms. The number of hydrogen-bond acceptors (Lipinski definition) is 1. The second kappa shape index (κ2) is 3.58. The largest absolute Gasteiger partial charge is 0.481 e. The molecule has 1 aromatic rings. The highest BCUT2D eigenvalue weighted by Crippen LogP contribution is 2.49. The van der Waals surface area contributed by atoms with E-state index in [-0.39, 0.29) is 5.92 Å². The van der Waals surface area contributed by atoms with Crippen LogP contribution in [0.1, 0.15) is 43.7 Å². The molecule has 0 atom stereocenters. The van der Waals surface area contributed by atoms with Crippen LogP contribution in [0.3, 0.4) is 0 Å². The molecule has 1 saturated carbocycles. The molecular formula is C13H15FO2. The summed E-state index contributed by atoms with van der Waals surface area (Å²) in [5.41, 5.74) is 0.393. The first-order chi connectivity index (χ1) is 7.47. The molecule has 1 aromatic carbocycles. The van der Waals surface area contributed by atoms with E-state index in [0.717, 1.165) is 5.56 Å². The van der Waals surface area contributed by atoms with Crippen molar-refractivity contribution in [3.05, 3.63) is 35.1 Å². The Hall–Kier alpha value is -1.38. The van der Waals surface area contributed by atoms with Crippen molar-refractivity contribution in [1.82, 2.24) is 0 Å². The summed E-state index contributed by atoms with van der Waals surface area (Å²) < 4.78 is 13.7. The van der Waals surface area contributed by atoms with Gasteiger partial charge in [-0.05, 0) is 30.4 Å². The van der Waals surface area contributed by atoms with Gasteiger partial charge in [-0.15, -0.1) is 0 Å². The summed E-state index contributed by atoms with van der Waals surface area (Å²) in [7, 11) is 0. The minimum Gasteiger partial charge on any atom is -0.481 e. The first-order valence-electron chi connectivity index (χ1n) is 5.51. The van der Waals surface area contributed by atoms with Crippen LogP contribution in [-0.4, -0.2) is 11.1 Å². The molecule has 2 rings (SSSR count). The molecule has 0 unspecified atom stereocenters. The Kier molecular flexibility index (Phi) is 2.49. The number of carboxylic acid groups (broad SMARTS) is 1. The molecule has 0 heterocycles. The standard InChI is InChI=1S/C13H15FO2/c1-8(2)9-3-4-11(14)10(7-9)13(5-6-13)12(15)16/h3-4,7-8H,5-6H2,1-2H3,(H,15,16). The van der Waals surface area contributed by atoms with E-state index in [1.165, 1.54) is 6.07 Å². The van der Waals surface area contributed by atoms with Gasteiger partial charge in [-0.1, -0.05) is 26.0 Å². The maximum absolute atomic E-state index is 13.7. The van der Waals surface area contributed by atoms with Gasteiger partial charge in [0.15, 0.2) is 0 Å². The zero-order valence-corrected chi connectivity index (χ0v) is 9.46. The van der Waals surface area contributed by atoms with Crippen LogP contribution in [0.25, 0.3) is 0 Å². The zero-order chi connectivity index (χ0) is 11.9. The molecule has 0 aliphatic heterocycles. The first-order valence-corrected chi connectivity index (χ1v) is 5.51. The lowest BCUT2D eigenvalue weighted by Crippen LogP contribution is -2.21. The van der Waals surface area contributed by atoms with E-state index in [1.54, 1.807) is 12.1 Å². The van der Waals surface area contributed by atoms with Crippen molar-refractivity contribution in [3.63, 3.8) is 0 Å². The summed E-state index contributed by atoms with van der Waals surface area (Å²) >= 11 is 0. The summed E-state index contributed by atoms with van der Waals surface area (Å²) in [6.07, 6.45) is 1.08. The molecule has 1 aliphatic rings.